The van der Waals surface area contributed by atoms with E-state index < -0.39 is 5.60 Å². The van der Waals surface area contributed by atoms with Crippen LogP contribution in [0.1, 0.15) is 26.2 Å². The van der Waals surface area contributed by atoms with Crippen molar-refractivity contribution in [3.63, 3.8) is 0 Å². The average molecular weight is 186 g/mol. The summed E-state index contributed by atoms with van der Waals surface area (Å²) in [6.45, 7) is 2.50. The van der Waals surface area contributed by atoms with Crippen molar-refractivity contribution in [3.05, 3.63) is 0 Å². The summed E-state index contributed by atoms with van der Waals surface area (Å²) in [7, 11) is 0. The minimum atomic E-state index is -0.635. The molecule has 1 saturated carbocycles. The van der Waals surface area contributed by atoms with Crippen LogP contribution in [-0.4, -0.2) is 29.7 Å². The largest absolute Gasteiger partial charge is 0.388 e. The molecule has 1 aliphatic rings. The fourth-order valence-electron chi connectivity index (χ4n) is 1.29. The van der Waals surface area contributed by atoms with Gasteiger partial charge in [-0.2, -0.15) is 0 Å². The molecule has 1 rings (SSSR count). The van der Waals surface area contributed by atoms with Gasteiger partial charge in [-0.25, -0.2) is 0 Å². The highest BCUT2D eigenvalue weighted by Crippen LogP contribution is 2.30. The normalized spacial score (nSPS) is 21.8. The number of carbonyl (C=O) groups excluding carboxylic acids is 1. The van der Waals surface area contributed by atoms with Gasteiger partial charge in [0.1, 0.15) is 0 Å². The predicted molar refractivity (Wildman–Crippen MR) is 50.0 cm³/mol. The number of rotatable bonds is 4. The monoisotopic (exact) mass is 186 g/mol. The van der Waals surface area contributed by atoms with E-state index in [0.717, 1.165) is 19.3 Å². The van der Waals surface area contributed by atoms with Crippen LogP contribution in [0.15, 0.2) is 0 Å². The molecule has 0 aromatic rings. The molecular weight excluding hydrogens is 168 g/mol. The van der Waals surface area contributed by atoms with Gasteiger partial charge in [-0.1, -0.05) is 6.92 Å². The molecule has 1 fully saturated rings. The van der Waals surface area contributed by atoms with E-state index in [4.69, 9.17) is 5.73 Å². The Kier molecular flexibility index (Phi) is 3.27. The number of nitrogens with two attached hydrogens (primary N) is 1. The first-order valence-corrected chi connectivity index (χ1v) is 4.77. The zero-order chi connectivity index (χ0) is 9.90. The highest BCUT2D eigenvalue weighted by atomic mass is 16.3. The zero-order valence-corrected chi connectivity index (χ0v) is 8.05. The molecule has 1 atom stereocenters. The highest BCUT2D eigenvalue weighted by molar-refractivity contribution is 5.78. The number of amides is 1. The average Bonchev–Trinajstić information content (AvgIpc) is 2.09. The first kappa shape index (κ1) is 10.5. The lowest BCUT2D eigenvalue weighted by atomic mass is 9.80. The molecule has 0 bridgehead atoms. The van der Waals surface area contributed by atoms with Gasteiger partial charge in [0, 0.05) is 19.0 Å². The molecule has 0 saturated heterocycles. The van der Waals surface area contributed by atoms with Gasteiger partial charge in [-0.05, 0) is 19.3 Å². The second-order valence-corrected chi connectivity index (χ2v) is 3.93. The Morgan fingerprint density at radius 2 is 2.31 bits per heavy atom. The number of hydrogen-bond acceptors (Lipinski definition) is 3. The lowest BCUT2D eigenvalue weighted by Gasteiger charge is -2.36. The summed E-state index contributed by atoms with van der Waals surface area (Å²) < 4.78 is 0. The van der Waals surface area contributed by atoms with Crippen LogP contribution in [0.3, 0.4) is 0 Å². The summed E-state index contributed by atoms with van der Waals surface area (Å²) >= 11 is 0. The molecule has 76 valence electrons. The molecule has 1 aliphatic carbocycles. The van der Waals surface area contributed by atoms with E-state index >= 15 is 0 Å². The molecule has 0 aromatic heterocycles. The smallest absolute Gasteiger partial charge is 0.224 e. The van der Waals surface area contributed by atoms with Crippen LogP contribution in [0, 0.1) is 5.92 Å². The Morgan fingerprint density at radius 3 is 2.69 bits per heavy atom. The van der Waals surface area contributed by atoms with Crippen molar-refractivity contribution in [2.24, 2.45) is 11.7 Å². The molecule has 1 unspecified atom stereocenters. The topological polar surface area (TPSA) is 75.4 Å². The second kappa shape index (κ2) is 4.07. The van der Waals surface area contributed by atoms with Gasteiger partial charge in [0.05, 0.1) is 5.60 Å². The first-order valence-electron chi connectivity index (χ1n) is 4.77. The maximum Gasteiger partial charge on any atom is 0.224 e. The Bertz CT molecular complexity index is 190. The molecule has 0 radical (unpaired) electrons. The van der Waals surface area contributed by atoms with Crippen LogP contribution in [0.25, 0.3) is 0 Å². The lowest BCUT2D eigenvalue weighted by molar-refractivity contribution is -0.126. The number of aliphatic hydroxyl groups is 1. The second-order valence-electron chi connectivity index (χ2n) is 3.93. The van der Waals surface area contributed by atoms with E-state index in [1.807, 2.05) is 0 Å². The quantitative estimate of drug-likeness (QED) is 0.560. The van der Waals surface area contributed by atoms with E-state index in [1.54, 1.807) is 6.92 Å². The van der Waals surface area contributed by atoms with Crippen LogP contribution in [-0.2, 0) is 4.79 Å². The van der Waals surface area contributed by atoms with Crippen molar-refractivity contribution in [3.8, 4) is 0 Å². The third kappa shape index (κ3) is 2.67. The van der Waals surface area contributed by atoms with Gasteiger partial charge in [0.15, 0.2) is 0 Å². The molecule has 0 heterocycles. The van der Waals surface area contributed by atoms with E-state index in [1.165, 1.54) is 0 Å². The van der Waals surface area contributed by atoms with Crippen LogP contribution in [0.5, 0.6) is 0 Å². The minimum Gasteiger partial charge on any atom is -0.388 e. The van der Waals surface area contributed by atoms with Crippen LogP contribution >= 0.6 is 0 Å². The molecule has 1 amide bonds. The van der Waals surface area contributed by atoms with Gasteiger partial charge in [0.25, 0.3) is 0 Å². The Hall–Kier alpha value is -0.610. The summed E-state index contributed by atoms with van der Waals surface area (Å²) in [6, 6.07) is 0. The SMILES string of the molecule is CC(CN)C(=O)NCC1(O)CCC1. The molecule has 4 heteroatoms. The fourth-order valence-corrected chi connectivity index (χ4v) is 1.29. The molecule has 0 aromatic carbocycles. The Labute approximate surface area is 78.5 Å². The van der Waals surface area contributed by atoms with Crippen LogP contribution in [0.4, 0.5) is 0 Å². The zero-order valence-electron chi connectivity index (χ0n) is 8.05. The number of hydrogen-bond donors (Lipinski definition) is 3. The Balaban J connectivity index is 2.21. The van der Waals surface area contributed by atoms with Crippen molar-refractivity contribution < 1.29 is 9.90 Å². The van der Waals surface area contributed by atoms with Gasteiger partial charge in [-0.3, -0.25) is 4.79 Å². The van der Waals surface area contributed by atoms with Crippen LogP contribution < -0.4 is 11.1 Å². The third-order valence-electron chi connectivity index (χ3n) is 2.68. The van der Waals surface area contributed by atoms with Gasteiger partial charge in [0.2, 0.25) is 5.91 Å². The predicted octanol–water partition coefficient (Wildman–Crippen LogP) is -0.388. The molecule has 0 aliphatic heterocycles. The highest BCUT2D eigenvalue weighted by Gasteiger charge is 2.34. The van der Waals surface area contributed by atoms with Crippen molar-refractivity contribution >= 4 is 5.91 Å². The molecule has 13 heavy (non-hydrogen) atoms. The third-order valence-corrected chi connectivity index (χ3v) is 2.68. The van der Waals surface area contributed by atoms with Gasteiger partial charge < -0.3 is 16.2 Å². The summed E-state index contributed by atoms with van der Waals surface area (Å²) in [5.41, 5.74) is 4.70. The van der Waals surface area contributed by atoms with Crippen molar-refractivity contribution in [1.29, 1.82) is 0 Å². The first-order chi connectivity index (χ1) is 6.07. The van der Waals surface area contributed by atoms with E-state index in [9.17, 15) is 9.90 Å². The van der Waals surface area contributed by atoms with Crippen molar-refractivity contribution in [2.45, 2.75) is 31.8 Å². The van der Waals surface area contributed by atoms with E-state index in [-0.39, 0.29) is 11.8 Å². The molecule has 4 N–H and O–H groups in total. The van der Waals surface area contributed by atoms with Gasteiger partial charge >= 0.3 is 0 Å². The maximum atomic E-state index is 11.3. The summed E-state index contributed by atoms with van der Waals surface area (Å²) in [5.74, 6) is -0.230. The lowest BCUT2D eigenvalue weighted by Crippen LogP contribution is -2.49. The number of nitrogens with one attached hydrogen (secondary N) is 1. The van der Waals surface area contributed by atoms with Crippen LogP contribution in [0.2, 0.25) is 0 Å². The van der Waals surface area contributed by atoms with E-state index in [0.29, 0.717) is 13.1 Å². The molecule has 4 nitrogen and oxygen atoms in total. The van der Waals surface area contributed by atoms with Gasteiger partial charge in [-0.15, -0.1) is 0 Å². The van der Waals surface area contributed by atoms with E-state index in [2.05, 4.69) is 5.32 Å². The summed E-state index contributed by atoms with van der Waals surface area (Å²) in [5, 5.41) is 12.4. The fraction of sp³-hybridized carbons (Fsp3) is 0.889. The number of carbonyl (C=O) groups is 1. The summed E-state index contributed by atoms with van der Waals surface area (Å²) in [6.07, 6.45) is 2.65. The van der Waals surface area contributed by atoms with Crippen molar-refractivity contribution in [1.82, 2.24) is 5.32 Å². The minimum absolute atomic E-state index is 0.0668. The molecular formula is C9H18N2O2. The van der Waals surface area contributed by atoms with Crippen molar-refractivity contribution in [2.75, 3.05) is 13.1 Å². The summed E-state index contributed by atoms with van der Waals surface area (Å²) in [4.78, 5) is 11.3. The Morgan fingerprint density at radius 1 is 1.69 bits per heavy atom. The molecule has 0 spiro atoms. The maximum absolute atomic E-state index is 11.3. The standard InChI is InChI=1S/C9H18N2O2/c1-7(5-10)8(12)11-6-9(13)3-2-4-9/h7,13H,2-6,10H2,1H3,(H,11,12).